The van der Waals surface area contributed by atoms with Crippen LogP contribution >= 0.6 is 0 Å². The molecular weight excluding hydrogens is 448 g/mol. The number of carbonyl (C=O) groups excluding carboxylic acids is 1. The molecule has 0 saturated carbocycles. The third-order valence-corrected chi connectivity index (χ3v) is 6.58. The third-order valence-electron chi connectivity index (χ3n) is 6.58. The average Bonchev–Trinajstić information content (AvgIpc) is 2.90. The van der Waals surface area contributed by atoms with Gasteiger partial charge in [0.15, 0.2) is 0 Å². The number of hydrogen-bond acceptors (Lipinski definition) is 5. The number of carbonyl (C=O) groups is 1. The van der Waals surface area contributed by atoms with Crippen LogP contribution in [0.25, 0.3) is 0 Å². The predicted molar refractivity (Wildman–Crippen MR) is 141 cm³/mol. The Kier molecular flexibility index (Phi) is 6.67. The van der Waals surface area contributed by atoms with Gasteiger partial charge in [-0.2, -0.15) is 4.98 Å². The van der Waals surface area contributed by atoms with E-state index in [0.717, 1.165) is 33.7 Å². The summed E-state index contributed by atoms with van der Waals surface area (Å²) in [7, 11) is 1.99. The summed E-state index contributed by atoms with van der Waals surface area (Å²) in [4.78, 5) is 27.0. The van der Waals surface area contributed by atoms with Crippen LogP contribution < -0.4 is 9.64 Å². The van der Waals surface area contributed by atoms with Crippen LogP contribution in [0.2, 0.25) is 0 Å². The molecule has 4 aromatic rings. The highest BCUT2D eigenvalue weighted by Crippen LogP contribution is 2.33. The highest BCUT2D eigenvalue weighted by Gasteiger charge is 2.28. The van der Waals surface area contributed by atoms with Gasteiger partial charge in [-0.1, -0.05) is 66.7 Å². The zero-order chi connectivity index (χ0) is 25.1. The van der Waals surface area contributed by atoms with Gasteiger partial charge in [-0.25, -0.2) is 4.98 Å². The Labute approximate surface area is 212 Å². The fourth-order valence-electron chi connectivity index (χ4n) is 4.49. The molecule has 1 amide bonds. The van der Waals surface area contributed by atoms with Crippen molar-refractivity contribution in [3.8, 4) is 11.6 Å². The van der Waals surface area contributed by atoms with Crippen molar-refractivity contribution in [3.05, 3.63) is 112 Å². The molecule has 0 atom stereocenters. The molecule has 36 heavy (non-hydrogen) atoms. The standard InChI is InChI=1S/C30H30N4O2/c1-21-11-7-9-15-24(21)29(35)34-18-17-26-25(20-34)28(36-27-16-10-8-12-22(27)2)32-30(31-26)33(3)19-23-13-5-4-6-14-23/h4-16H,17-20H2,1-3H3. The summed E-state index contributed by atoms with van der Waals surface area (Å²) in [6, 6.07) is 25.9. The Morgan fingerprint density at radius 1 is 0.917 bits per heavy atom. The maximum absolute atomic E-state index is 13.4. The van der Waals surface area contributed by atoms with Gasteiger partial charge in [0.1, 0.15) is 5.75 Å². The molecule has 2 heterocycles. The highest BCUT2D eigenvalue weighted by atomic mass is 16.5. The highest BCUT2D eigenvalue weighted by molar-refractivity contribution is 5.95. The lowest BCUT2D eigenvalue weighted by atomic mass is 10.0. The van der Waals surface area contributed by atoms with Gasteiger partial charge in [-0.3, -0.25) is 4.79 Å². The Morgan fingerprint density at radius 3 is 2.36 bits per heavy atom. The van der Waals surface area contributed by atoms with E-state index in [0.29, 0.717) is 37.9 Å². The van der Waals surface area contributed by atoms with E-state index in [9.17, 15) is 4.79 Å². The second-order valence-corrected chi connectivity index (χ2v) is 9.25. The number of para-hydroxylation sites is 1. The van der Waals surface area contributed by atoms with Crippen molar-refractivity contribution in [3.63, 3.8) is 0 Å². The van der Waals surface area contributed by atoms with E-state index in [1.165, 1.54) is 5.56 Å². The van der Waals surface area contributed by atoms with Crippen molar-refractivity contribution < 1.29 is 9.53 Å². The molecule has 0 radical (unpaired) electrons. The number of rotatable bonds is 6. The summed E-state index contributed by atoms with van der Waals surface area (Å²) in [5.41, 5.74) is 5.69. The molecular formula is C30H30N4O2. The summed E-state index contributed by atoms with van der Waals surface area (Å²) in [6.07, 6.45) is 0.645. The second kappa shape index (κ2) is 10.2. The first-order valence-electron chi connectivity index (χ1n) is 12.2. The minimum absolute atomic E-state index is 0.0193. The summed E-state index contributed by atoms with van der Waals surface area (Å²) >= 11 is 0. The van der Waals surface area contributed by atoms with Crippen LogP contribution in [-0.2, 0) is 19.5 Å². The molecule has 0 saturated heterocycles. The van der Waals surface area contributed by atoms with Crippen LogP contribution in [0.1, 0.15) is 38.3 Å². The Balaban J connectivity index is 1.49. The normalized spacial score (nSPS) is 12.7. The van der Waals surface area contributed by atoms with Crippen molar-refractivity contribution in [1.82, 2.24) is 14.9 Å². The Hall–Kier alpha value is -4.19. The number of aromatic nitrogens is 2. The maximum Gasteiger partial charge on any atom is 0.254 e. The second-order valence-electron chi connectivity index (χ2n) is 9.25. The van der Waals surface area contributed by atoms with Gasteiger partial charge in [0.2, 0.25) is 11.8 Å². The Morgan fingerprint density at radius 2 is 1.61 bits per heavy atom. The lowest BCUT2D eigenvalue weighted by molar-refractivity contribution is 0.0731. The van der Waals surface area contributed by atoms with E-state index in [1.54, 1.807) is 0 Å². The third kappa shape index (κ3) is 4.93. The zero-order valence-corrected chi connectivity index (χ0v) is 20.9. The predicted octanol–water partition coefficient (Wildman–Crippen LogP) is 5.72. The molecule has 5 rings (SSSR count). The van der Waals surface area contributed by atoms with Gasteiger partial charge < -0.3 is 14.5 Å². The molecule has 6 heteroatoms. The van der Waals surface area contributed by atoms with E-state index in [4.69, 9.17) is 14.7 Å². The number of benzene rings is 3. The molecule has 0 spiro atoms. The van der Waals surface area contributed by atoms with Gasteiger partial charge in [0.05, 0.1) is 17.8 Å². The monoisotopic (exact) mass is 478 g/mol. The number of aryl methyl sites for hydroxylation is 2. The van der Waals surface area contributed by atoms with Crippen LogP contribution in [0.15, 0.2) is 78.9 Å². The summed E-state index contributed by atoms with van der Waals surface area (Å²) in [6.45, 7) is 5.67. The van der Waals surface area contributed by atoms with Crippen LogP contribution in [-0.4, -0.2) is 34.4 Å². The van der Waals surface area contributed by atoms with Crippen LogP contribution in [0.3, 0.4) is 0 Å². The van der Waals surface area contributed by atoms with Gasteiger partial charge in [-0.15, -0.1) is 0 Å². The van der Waals surface area contributed by atoms with E-state index in [1.807, 2.05) is 97.4 Å². The van der Waals surface area contributed by atoms with E-state index in [2.05, 4.69) is 12.1 Å². The summed E-state index contributed by atoms with van der Waals surface area (Å²) in [5, 5.41) is 0. The number of fused-ring (bicyclic) bond motifs is 1. The minimum Gasteiger partial charge on any atom is -0.438 e. The quantitative estimate of drug-likeness (QED) is 0.355. The fraction of sp³-hybridized carbons (Fsp3) is 0.233. The van der Waals surface area contributed by atoms with Crippen LogP contribution in [0, 0.1) is 13.8 Å². The van der Waals surface area contributed by atoms with E-state index in [-0.39, 0.29) is 5.91 Å². The molecule has 0 N–H and O–H groups in total. The molecule has 0 fully saturated rings. The first-order valence-corrected chi connectivity index (χ1v) is 12.2. The summed E-state index contributed by atoms with van der Waals surface area (Å²) in [5.74, 6) is 1.88. The van der Waals surface area contributed by atoms with Gasteiger partial charge >= 0.3 is 0 Å². The topological polar surface area (TPSA) is 58.6 Å². The van der Waals surface area contributed by atoms with Crippen molar-refractivity contribution in [1.29, 1.82) is 0 Å². The largest absolute Gasteiger partial charge is 0.438 e. The number of ether oxygens (including phenoxy) is 1. The first kappa shape index (κ1) is 23.5. The summed E-state index contributed by atoms with van der Waals surface area (Å²) < 4.78 is 6.39. The molecule has 0 aliphatic carbocycles. The molecule has 3 aromatic carbocycles. The van der Waals surface area contributed by atoms with E-state index >= 15 is 0 Å². The smallest absolute Gasteiger partial charge is 0.254 e. The zero-order valence-electron chi connectivity index (χ0n) is 20.9. The number of amides is 1. The van der Waals surface area contributed by atoms with Crippen molar-refractivity contribution >= 4 is 11.9 Å². The molecule has 1 aliphatic heterocycles. The fourth-order valence-corrected chi connectivity index (χ4v) is 4.49. The SMILES string of the molecule is Cc1ccccc1Oc1nc(N(C)Cc2ccccc2)nc2c1CN(C(=O)c1ccccc1C)CC2. The number of hydrogen-bond donors (Lipinski definition) is 0. The first-order chi connectivity index (χ1) is 17.5. The van der Waals surface area contributed by atoms with Crippen molar-refractivity contribution in [2.24, 2.45) is 0 Å². The average molecular weight is 479 g/mol. The van der Waals surface area contributed by atoms with Crippen LogP contribution in [0.4, 0.5) is 5.95 Å². The molecule has 1 aromatic heterocycles. The molecule has 182 valence electrons. The van der Waals surface area contributed by atoms with Gasteiger partial charge in [-0.05, 0) is 42.7 Å². The minimum atomic E-state index is 0.0193. The molecule has 0 unspecified atom stereocenters. The van der Waals surface area contributed by atoms with Crippen molar-refractivity contribution in [2.75, 3.05) is 18.5 Å². The number of nitrogens with zero attached hydrogens (tertiary/aromatic N) is 4. The maximum atomic E-state index is 13.4. The van der Waals surface area contributed by atoms with Gasteiger partial charge in [0.25, 0.3) is 5.91 Å². The molecule has 6 nitrogen and oxygen atoms in total. The Bertz CT molecular complexity index is 1390. The van der Waals surface area contributed by atoms with Crippen molar-refractivity contribution in [2.45, 2.75) is 33.4 Å². The molecule has 1 aliphatic rings. The molecule has 0 bridgehead atoms. The lowest BCUT2D eigenvalue weighted by Gasteiger charge is -2.30. The van der Waals surface area contributed by atoms with Crippen LogP contribution in [0.5, 0.6) is 11.6 Å². The lowest BCUT2D eigenvalue weighted by Crippen LogP contribution is -2.37. The number of anilines is 1. The van der Waals surface area contributed by atoms with Gasteiger partial charge in [0, 0.05) is 32.1 Å². The van der Waals surface area contributed by atoms with E-state index < -0.39 is 0 Å².